The molecule has 4 heteroatoms. The van der Waals surface area contributed by atoms with Crippen LogP contribution < -0.4 is 10.1 Å². The molecule has 1 aliphatic rings. The first-order valence-corrected chi connectivity index (χ1v) is 5.16. The zero-order valence-corrected chi connectivity index (χ0v) is 8.77. The van der Waals surface area contributed by atoms with Gasteiger partial charge in [-0.15, -0.1) is 0 Å². The Bertz CT molecular complexity index is 437. The molecule has 1 atom stereocenters. The van der Waals surface area contributed by atoms with Crippen molar-refractivity contribution in [3.8, 4) is 11.8 Å². The van der Waals surface area contributed by atoms with Crippen molar-refractivity contribution in [2.75, 3.05) is 13.2 Å². The molecule has 1 amide bonds. The molecular weight excluding hydrogens is 204 g/mol. The largest absolute Gasteiger partial charge is 0.492 e. The summed E-state index contributed by atoms with van der Waals surface area (Å²) in [5.74, 6) is 0.547. The normalized spacial score (nSPS) is 17.8. The number of amides is 1. The number of hydrogen-bond acceptors (Lipinski definition) is 3. The van der Waals surface area contributed by atoms with Gasteiger partial charge in [-0.25, -0.2) is 0 Å². The van der Waals surface area contributed by atoms with Crippen LogP contribution >= 0.6 is 0 Å². The number of fused-ring (bicyclic) bond motifs is 1. The van der Waals surface area contributed by atoms with E-state index in [0.29, 0.717) is 13.0 Å². The molecule has 1 heterocycles. The van der Waals surface area contributed by atoms with Crippen molar-refractivity contribution in [2.24, 2.45) is 5.92 Å². The third-order valence-electron chi connectivity index (χ3n) is 2.59. The number of para-hydroxylation sites is 1. The van der Waals surface area contributed by atoms with E-state index in [4.69, 9.17) is 10.00 Å². The van der Waals surface area contributed by atoms with Crippen molar-refractivity contribution in [3.63, 3.8) is 0 Å². The maximum atomic E-state index is 11.6. The molecule has 1 aromatic rings. The van der Waals surface area contributed by atoms with Gasteiger partial charge < -0.3 is 10.1 Å². The fourth-order valence-corrected chi connectivity index (χ4v) is 1.77. The molecule has 1 unspecified atom stereocenters. The number of carbonyl (C=O) groups is 1. The number of nitrogens with zero attached hydrogens (tertiary/aromatic N) is 1. The lowest BCUT2D eigenvalue weighted by Crippen LogP contribution is -2.37. The molecule has 2 rings (SSSR count). The first-order valence-electron chi connectivity index (χ1n) is 5.16. The van der Waals surface area contributed by atoms with E-state index in [1.807, 2.05) is 30.3 Å². The van der Waals surface area contributed by atoms with E-state index in [9.17, 15) is 4.79 Å². The zero-order chi connectivity index (χ0) is 11.4. The van der Waals surface area contributed by atoms with Gasteiger partial charge in [0.1, 0.15) is 18.9 Å². The maximum Gasteiger partial charge on any atom is 0.227 e. The summed E-state index contributed by atoms with van der Waals surface area (Å²) in [5.41, 5.74) is 1.05. The van der Waals surface area contributed by atoms with Gasteiger partial charge in [-0.1, -0.05) is 18.2 Å². The Morgan fingerprint density at radius 2 is 2.38 bits per heavy atom. The van der Waals surface area contributed by atoms with Gasteiger partial charge in [0, 0.05) is 0 Å². The molecule has 0 saturated heterocycles. The quantitative estimate of drug-likeness (QED) is 0.746. The zero-order valence-electron chi connectivity index (χ0n) is 8.77. The van der Waals surface area contributed by atoms with Crippen LogP contribution in [0.25, 0.3) is 0 Å². The van der Waals surface area contributed by atoms with E-state index in [2.05, 4.69) is 5.32 Å². The third kappa shape index (κ3) is 2.14. The van der Waals surface area contributed by atoms with E-state index < -0.39 is 0 Å². The Balaban J connectivity index is 2.03. The Kier molecular flexibility index (Phi) is 3.06. The molecule has 0 bridgehead atoms. The van der Waals surface area contributed by atoms with Crippen LogP contribution in [-0.4, -0.2) is 19.1 Å². The van der Waals surface area contributed by atoms with Crippen molar-refractivity contribution in [1.82, 2.24) is 5.32 Å². The van der Waals surface area contributed by atoms with Crippen LogP contribution in [-0.2, 0) is 11.2 Å². The van der Waals surface area contributed by atoms with Crippen LogP contribution in [0, 0.1) is 17.2 Å². The van der Waals surface area contributed by atoms with Crippen LogP contribution in [0.1, 0.15) is 5.56 Å². The lowest BCUT2D eigenvalue weighted by Gasteiger charge is -2.24. The van der Waals surface area contributed by atoms with Gasteiger partial charge in [0.15, 0.2) is 0 Å². The molecule has 0 fully saturated rings. The smallest absolute Gasteiger partial charge is 0.227 e. The molecule has 1 aliphatic heterocycles. The van der Waals surface area contributed by atoms with Crippen molar-refractivity contribution < 1.29 is 9.53 Å². The number of carbonyl (C=O) groups excluding carboxylic acids is 1. The average molecular weight is 216 g/mol. The molecule has 0 saturated carbocycles. The van der Waals surface area contributed by atoms with Crippen molar-refractivity contribution in [3.05, 3.63) is 29.8 Å². The van der Waals surface area contributed by atoms with Gasteiger partial charge in [-0.3, -0.25) is 4.79 Å². The Morgan fingerprint density at radius 1 is 1.56 bits per heavy atom. The minimum absolute atomic E-state index is 0.0526. The highest BCUT2D eigenvalue weighted by atomic mass is 16.5. The highest BCUT2D eigenvalue weighted by molar-refractivity contribution is 5.79. The van der Waals surface area contributed by atoms with Crippen LogP contribution in [0.5, 0.6) is 5.75 Å². The fraction of sp³-hybridized carbons (Fsp3) is 0.333. The molecule has 1 aromatic carbocycles. The van der Waals surface area contributed by atoms with Gasteiger partial charge in [-0.05, 0) is 18.1 Å². The number of ether oxygens (including phenoxy) is 1. The summed E-state index contributed by atoms with van der Waals surface area (Å²) in [7, 11) is 0. The van der Waals surface area contributed by atoms with Crippen LogP contribution in [0.3, 0.4) is 0 Å². The van der Waals surface area contributed by atoms with Crippen LogP contribution in [0.2, 0.25) is 0 Å². The minimum Gasteiger partial charge on any atom is -0.492 e. The van der Waals surface area contributed by atoms with E-state index in [1.165, 1.54) is 0 Å². The van der Waals surface area contributed by atoms with Crippen LogP contribution in [0.15, 0.2) is 24.3 Å². The number of nitriles is 1. The molecule has 16 heavy (non-hydrogen) atoms. The molecule has 1 N–H and O–H groups in total. The summed E-state index contributed by atoms with van der Waals surface area (Å²) in [5, 5.41) is 10.9. The average Bonchev–Trinajstić information content (AvgIpc) is 2.35. The minimum atomic E-state index is -0.191. The van der Waals surface area contributed by atoms with Gasteiger partial charge in [-0.2, -0.15) is 5.26 Å². The molecule has 0 spiro atoms. The second kappa shape index (κ2) is 4.67. The molecule has 0 radical (unpaired) electrons. The molecular formula is C12H12N2O2. The lowest BCUT2D eigenvalue weighted by atomic mass is 9.96. The SMILES string of the molecule is N#CCNC(=O)C1COc2ccccc2C1. The van der Waals surface area contributed by atoms with Gasteiger partial charge in [0.25, 0.3) is 0 Å². The molecule has 82 valence electrons. The topological polar surface area (TPSA) is 62.1 Å². The predicted octanol–water partition coefficient (Wildman–Crippen LogP) is 0.877. The van der Waals surface area contributed by atoms with Crippen LogP contribution in [0.4, 0.5) is 0 Å². The number of rotatable bonds is 2. The summed E-state index contributed by atoms with van der Waals surface area (Å²) in [6, 6.07) is 9.58. The Morgan fingerprint density at radius 3 is 3.19 bits per heavy atom. The predicted molar refractivity (Wildman–Crippen MR) is 57.8 cm³/mol. The van der Waals surface area contributed by atoms with Crippen molar-refractivity contribution in [2.45, 2.75) is 6.42 Å². The van der Waals surface area contributed by atoms with E-state index >= 15 is 0 Å². The molecule has 0 aliphatic carbocycles. The van der Waals surface area contributed by atoms with Crippen molar-refractivity contribution in [1.29, 1.82) is 5.26 Å². The second-order valence-corrected chi connectivity index (χ2v) is 3.70. The standard InChI is InChI=1S/C12H12N2O2/c13-5-6-14-12(15)10-7-9-3-1-2-4-11(9)16-8-10/h1-4,10H,6-8H2,(H,14,15). The Hall–Kier alpha value is -2.02. The summed E-state index contributed by atoms with van der Waals surface area (Å²) in [6.07, 6.45) is 0.674. The maximum absolute atomic E-state index is 11.6. The fourth-order valence-electron chi connectivity index (χ4n) is 1.77. The van der Waals surface area contributed by atoms with Gasteiger partial charge in [0.05, 0.1) is 12.0 Å². The van der Waals surface area contributed by atoms with E-state index in [1.54, 1.807) is 0 Å². The number of hydrogen-bond donors (Lipinski definition) is 1. The highest BCUT2D eigenvalue weighted by Crippen LogP contribution is 2.26. The summed E-state index contributed by atoms with van der Waals surface area (Å²) >= 11 is 0. The summed E-state index contributed by atoms with van der Waals surface area (Å²) in [4.78, 5) is 11.6. The summed E-state index contributed by atoms with van der Waals surface area (Å²) < 4.78 is 5.49. The Labute approximate surface area is 93.8 Å². The van der Waals surface area contributed by atoms with E-state index in [0.717, 1.165) is 11.3 Å². The van der Waals surface area contributed by atoms with Gasteiger partial charge >= 0.3 is 0 Å². The van der Waals surface area contributed by atoms with E-state index in [-0.39, 0.29) is 18.4 Å². The lowest BCUT2D eigenvalue weighted by molar-refractivity contribution is -0.126. The second-order valence-electron chi connectivity index (χ2n) is 3.70. The third-order valence-corrected chi connectivity index (χ3v) is 2.59. The number of benzene rings is 1. The molecule has 4 nitrogen and oxygen atoms in total. The highest BCUT2D eigenvalue weighted by Gasteiger charge is 2.25. The monoisotopic (exact) mass is 216 g/mol. The van der Waals surface area contributed by atoms with Crippen molar-refractivity contribution >= 4 is 5.91 Å². The van der Waals surface area contributed by atoms with Gasteiger partial charge in [0.2, 0.25) is 5.91 Å². The number of nitrogens with one attached hydrogen (secondary N) is 1. The first kappa shape index (κ1) is 10.5. The summed E-state index contributed by atoms with van der Waals surface area (Å²) in [6.45, 7) is 0.436. The molecule has 0 aromatic heterocycles. The first-order chi connectivity index (χ1) is 7.81.